The van der Waals surface area contributed by atoms with Crippen LogP contribution < -0.4 is 5.56 Å². The number of thioether (sulfide) groups is 1. The zero-order valence-corrected chi connectivity index (χ0v) is 28.0. The molecule has 0 bridgehead atoms. The minimum atomic E-state index is -0.0163. The predicted molar refractivity (Wildman–Crippen MR) is 177 cm³/mol. The quantitative estimate of drug-likeness (QED) is 0.0992. The Bertz CT molecular complexity index is 1620. The van der Waals surface area contributed by atoms with Gasteiger partial charge in [0.25, 0.3) is 5.56 Å². The lowest BCUT2D eigenvalue weighted by molar-refractivity contribution is -0.926. The average Bonchev–Trinajstić information content (AvgIpc) is 2.94. The molecule has 41 heavy (non-hydrogen) atoms. The molecule has 216 valence electrons. The lowest BCUT2D eigenvalue weighted by atomic mass is 10.1. The molecule has 0 aliphatic carbocycles. The topological polar surface area (TPSA) is 38.1 Å². The Morgan fingerprint density at radius 1 is 0.878 bits per heavy atom. The standard InChI is InChI=1S/C30H30BrCl4N4OS/c1-39(18-20-3-6-24(32)26(34)15-20)13-11-37(12-14-39)9-2-10-38-29(40)23-17-22(31)5-8-28(23)36-30(38)41-19-21-4-7-25(33)27(35)16-21/h3-8,15-17H,2,9-14,18-19H2,1H3/q+1. The van der Waals surface area contributed by atoms with Gasteiger partial charge in [-0.05, 0) is 54.4 Å². The average molecular weight is 716 g/mol. The fraction of sp³-hybridized carbons (Fsp3) is 0.333. The number of quaternary nitrogens is 1. The Labute approximate surface area is 273 Å². The highest BCUT2D eigenvalue weighted by atomic mass is 79.9. The van der Waals surface area contributed by atoms with Crippen LogP contribution in [0.3, 0.4) is 0 Å². The summed E-state index contributed by atoms with van der Waals surface area (Å²) in [6, 6.07) is 17.2. The first kappa shape index (κ1) is 31.1. The summed E-state index contributed by atoms with van der Waals surface area (Å²) in [5, 5.41) is 3.57. The van der Waals surface area contributed by atoms with Gasteiger partial charge in [-0.1, -0.05) is 86.2 Å². The number of nitrogens with zero attached hydrogens (tertiary/aromatic N) is 4. The molecule has 0 unspecified atom stereocenters. The first-order valence-electron chi connectivity index (χ1n) is 13.4. The van der Waals surface area contributed by atoms with Crippen molar-refractivity contribution >= 4 is 85.0 Å². The van der Waals surface area contributed by atoms with E-state index < -0.39 is 0 Å². The molecule has 1 aliphatic heterocycles. The molecule has 0 N–H and O–H groups in total. The summed E-state index contributed by atoms with van der Waals surface area (Å²) in [4.78, 5) is 21.0. The molecule has 1 fully saturated rings. The Morgan fingerprint density at radius 3 is 2.22 bits per heavy atom. The minimum absolute atomic E-state index is 0.0163. The van der Waals surface area contributed by atoms with Gasteiger partial charge < -0.3 is 4.48 Å². The number of piperazine rings is 1. The Morgan fingerprint density at radius 2 is 1.54 bits per heavy atom. The number of likely N-dealkylation sites (N-methyl/N-ethyl adjacent to an activating group) is 1. The second-order valence-electron chi connectivity index (χ2n) is 10.7. The summed E-state index contributed by atoms with van der Waals surface area (Å²) in [5.41, 5.74) is 2.91. The van der Waals surface area contributed by atoms with Gasteiger partial charge in [-0.2, -0.15) is 0 Å². The van der Waals surface area contributed by atoms with E-state index in [1.165, 1.54) is 5.56 Å². The van der Waals surface area contributed by atoms with E-state index in [2.05, 4.69) is 33.9 Å². The molecule has 0 spiro atoms. The third kappa shape index (κ3) is 7.81. The van der Waals surface area contributed by atoms with E-state index in [4.69, 9.17) is 51.4 Å². The lowest BCUT2D eigenvalue weighted by Gasteiger charge is -2.42. The van der Waals surface area contributed by atoms with Crippen molar-refractivity contribution in [1.82, 2.24) is 14.5 Å². The first-order chi connectivity index (χ1) is 19.6. The van der Waals surface area contributed by atoms with Crippen molar-refractivity contribution in [2.24, 2.45) is 0 Å². The van der Waals surface area contributed by atoms with E-state index >= 15 is 0 Å². The van der Waals surface area contributed by atoms with Crippen molar-refractivity contribution in [1.29, 1.82) is 0 Å². The molecule has 5 rings (SSSR count). The molecule has 0 atom stereocenters. The van der Waals surface area contributed by atoms with Crippen LogP contribution in [0.25, 0.3) is 10.9 Å². The van der Waals surface area contributed by atoms with Crippen LogP contribution >= 0.6 is 74.1 Å². The van der Waals surface area contributed by atoms with Crippen LogP contribution in [0.15, 0.2) is 69.0 Å². The third-order valence-corrected chi connectivity index (χ3v) is 10.6. The zero-order chi connectivity index (χ0) is 29.1. The summed E-state index contributed by atoms with van der Waals surface area (Å²) in [7, 11) is 2.30. The van der Waals surface area contributed by atoms with E-state index in [9.17, 15) is 4.79 Å². The van der Waals surface area contributed by atoms with Gasteiger partial charge in [-0.25, -0.2) is 4.98 Å². The first-order valence-corrected chi connectivity index (χ1v) is 16.7. The highest BCUT2D eigenvalue weighted by Crippen LogP contribution is 2.28. The molecule has 1 aliphatic rings. The monoisotopic (exact) mass is 713 g/mol. The van der Waals surface area contributed by atoms with Gasteiger partial charge in [0.2, 0.25) is 0 Å². The van der Waals surface area contributed by atoms with Crippen molar-refractivity contribution < 1.29 is 4.48 Å². The Balaban J connectivity index is 1.24. The molecule has 3 aromatic carbocycles. The van der Waals surface area contributed by atoms with Crippen molar-refractivity contribution in [2.75, 3.05) is 39.8 Å². The smallest absolute Gasteiger partial charge is 0.262 e. The van der Waals surface area contributed by atoms with Crippen LogP contribution in [0, 0.1) is 0 Å². The van der Waals surface area contributed by atoms with Crippen LogP contribution in [-0.2, 0) is 18.8 Å². The van der Waals surface area contributed by atoms with Gasteiger partial charge in [0.15, 0.2) is 5.16 Å². The molecule has 1 saturated heterocycles. The van der Waals surface area contributed by atoms with Gasteiger partial charge in [0.1, 0.15) is 6.54 Å². The van der Waals surface area contributed by atoms with Crippen molar-refractivity contribution in [3.8, 4) is 0 Å². The highest BCUT2D eigenvalue weighted by Gasteiger charge is 2.29. The second-order valence-corrected chi connectivity index (χ2v) is 14.2. The molecule has 5 nitrogen and oxygen atoms in total. The van der Waals surface area contributed by atoms with Crippen molar-refractivity contribution in [3.05, 3.63) is 101 Å². The highest BCUT2D eigenvalue weighted by molar-refractivity contribution is 9.10. The molecule has 11 heteroatoms. The van der Waals surface area contributed by atoms with Gasteiger partial charge in [-0.15, -0.1) is 0 Å². The van der Waals surface area contributed by atoms with Gasteiger partial charge >= 0.3 is 0 Å². The van der Waals surface area contributed by atoms with Crippen LogP contribution in [-0.4, -0.2) is 58.7 Å². The fourth-order valence-corrected chi connectivity index (χ4v) is 7.13. The number of halogens is 5. The van der Waals surface area contributed by atoms with E-state index in [-0.39, 0.29) is 5.56 Å². The van der Waals surface area contributed by atoms with Gasteiger partial charge in [-0.3, -0.25) is 14.3 Å². The van der Waals surface area contributed by atoms with E-state index in [0.29, 0.717) is 48.4 Å². The Hall–Kier alpha value is -1.29. The zero-order valence-electron chi connectivity index (χ0n) is 22.6. The number of aromatic nitrogens is 2. The van der Waals surface area contributed by atoms with Gasteiger partial charge in [0.05, 0.1) is 51.1 Å². The molecular formula is C30H30BrCl4N4OS+. The van der Waals surface area contributed by atoms with E-state index in [1.54, 1.807) is 17.8 Å². The maximum absolute atomic E-state index is 13.6. The van der Waals surface area contributed by atoms with Crippen LogP contribution in [0.5, 0.6) is 0 Å². The molecule has 0 radical (unpaired) electrons. The third-order valence-electron chi connectivity index (χ3n) is 7.55. The normalized spacial score (nSPS) is 15.5. The molecule has 0 saturated carbocycles. The number of hydrogen-bond donors (Lipinski definition) is 0. The summed E-state index contributed by atoms with van der Waals surface area (Å²) in [6.07, 6.45) is 0.859. The largest absolute Gasteiger partial charge is 0.320 e. The maximum Gasteiger partial charge on any atom is 0.262 e. The van der Waals surface area contributed by atoms with Crippen molar-refractivity contribution in [3.63, 3.8) is 0 Å². The van der Waals surface area contributed by atoms with Crippen LogP contribution in [0.2, 0.25) is 20.1 Å². The molecule has 2 heterocycles. The molecule has 0 amide bonds. The van der Waals surface area contributed by atoms with Gasteiger partial charge in [0, 0.05) is 42.0 Å². The molecular weight excluding hydrogens is 686 g/mol. The minimum Gasteiger partial charge on any atom is -0.320 e. The number of hydrogen-bond acceptors (Lipinski definition) is 4. The van der Waals surface area contributed by atoms with E-state index in [1.807, 2.05) is 47.0 Å². The summed E-state index contributed by atoms with van der Waals surface area (Å²) >= 11 is 29.7. The maximum atomic E-state index is 13.6. The number of benzene rings is 3. The van der Waals surface area contributed by atoms with Crippen molar-refractivity contribution in [2.45, 2.75) is 30.4 Å². The lowest BCUT2D eigenvalue weighted by Crippen LogP contribution is -2.56. The SMILES string of the molecule is C[N+]1(Cc2ccc(Cl)c(Cl)c2)CCN(CCCn2c(SCc3ccc(Cl)c(Cl)c3)nc3ccc(Br)cc3c2=O)CC1. The summed E-state index contributed by atoms with van der Waals surface area (Å²) in [5.74, 6) is 0.632. The second kappa shape index (κ2) is 13.6. The molecule has 4 aromatic rings. The van der Waals surface area contributed by atoms with Crippen LogP contribution in [0.4, 0.5) is 0 Å². The number of fused-ring (bicyclic) bond motifs is 1. The summed E-state index contributed by atoms with van der Waals surface area (Å²) < 4.78 is 3.65. The fourth-order valence-electron chi connectivity index (χ4n) is 5.16. The number of rotatable bonds is 9. The molecule has 1 aromatic heterocycles. The summed E-state index contributed by atoms with van der Waals surface area (Å²) in [6.45, 7) is 6.57. The predicted octanol–water partition coefficient (Wildman–Crippen LogP) is 8.42. The van der Waals surface area contributed by atoms with E-state index in [0.717, 1.165) is 60.2 Å². The van der Waals surface area contributed by atoms with Crippen LogP contribution in [0.1, 0.15) is 17.5 Å². The Kier molecular flexibility index (Phi) is 10.3.